The molecule has 128 valence electrons. The molecule has 0 spiro atoms. The van der Waals surface area contributed by atoms with Crippen molar-refractivity contribution in [1.29, 1.82) is 0 Å². The average Bonchev–Trinajstić information content (AvgIpc) is 2.74. The van der Waals surface area contributed by atoms with E-state index in [-0.39, 0.29) is 16.7 Å². The molecule has 0 aliphatic carbocycles. The zero-order valence-corrected chi connectivity index (χ0v) is 16.1. The number of carbonyl (C=O) groups is 2. The van der Waals surface area contributed by atoms with E-state index in [0.29, 0.717) is 20.5 Å². The molecule has 1 aromatic carbocycles. The summed E-state index contributed by atoms with van der Waals surface area (Å²) in [5.41, 5.74) is 0.607. The Kier molecular flexibility index (Phi) is 6.31. The van der Waals surface area contributed by atoms with Crippen LogP contribution in [0, 0.1) is 5.92 Å². The fraction of sp³-hybridized carbons (Fsp3) is 0.312. The number of halogens is 2. The Morgan fingerprint density at radius 2 is 2.08 bits per heavy atom. The van der Waals surface area contributed by atoms with Gasteiger partial charge in [0.05, 0.1) is 16.9 Å². The number of hydrogen-bond donors (Lipinski definition) is 0. The van der Waals surface area contributed by atoms with E-state index in [0.717, 1.165) is 16.7 Å². The van der Waals surface area contributed by atoms with E-state index >= 15 is 0 Å². The van der Waals surface area contributed by atoms with Crippen LogP contribution in [0.4, 0.5) is 0 Å². The molecular formula is C16H14Cl2NO3S2-. The van der Waals surface area contributed by atoms with E-state index < -0.39 is 17.9 Å². The van der Waals surface area contributed by atoms with Crippen LogP contribution in [0.2, 0.25) is 10.0 Å². The zero-order chi connectivity index (χ0) is 18.0. The molecule has 0 saturated carbocycles. The SMILES string of the molecule is CC(C)C[C@H](C(=O)[O-])N1C(=O)/C(=C/c2ccc(Cl)cc2Cl)SC1=S. The lowest BCUT2D eigenvalue weighted by molar-refractivity contribution is -0.310. The molecule has 0 radical (unpaired) electrons. The molecular weight excluding hydrogens is 389 g/mol. The Morgan fingerprint density at radius 3 is 2.62 bits per heavy atom. The molecule has 0 aromatic heterocycles. The molecule has 1 aromatic rings. The summed E-state index contributed by atoms with van der Waals surface area (Å²) in [4.78, 5) is 25.5. The molecule has 8 heteroatoms. The number of benzene rings is 1. The molecule has 24 heavy (non-hydrogen) atoms. The lowest BCUT2D eigenvalue weighted by Gasteiger charge is -2.28. The number of carboxylic acids is 1. The quantitative estimate of drug-likeness (QED) is 0.558. The van der Waals surface area contributed by atoms with E-state index in [1.165, 1.54) is 0 Å². The number of hydrogen-bond acceptors (Lipinski definition) is 5. The van der Waals surface area contributed by atoms with Gasteiger partial charge < -0.3 is 9.90 Å². The van der Waals surface area contributed by atoms with Crippen molar-refractivity contribution >= 4 is 69.5 Å². The van der Waals surface area contributed by atoms with Crippen molar-refractivity contribution < 1.29 is 14.7 Å². The van der Waals surface area contributed by atoms with Crippen molar-refractivity contribution in [3.8, 4) is 0 Å². The van der Waals surface area contributed by atoms with Crippen LogP contribution in [-0.4, -0.2) is 27.1 Å². The van der Waals surface area contributed by atoms with Gasteiger partial charge in [-0.25, -0.2) is 0 Å². The van der Waals surface area contributed by atoms with Crippen molar-refractivity contribution in [2.24, 2.45) is 5.92 Å². The second-order valence-corrected chi connectivity index (χ2v) is 8.20. The Bertz CT molecular complexity index is 734. The topological polar surface area (TPSA) is 60.4 Å². The van der Waals surface area contributed by atoms with Crippen molar-refractivity contribution in [1.82, 2.24) is 4.90 Å². The summed E-state index contributed by atoms with van der Waals surface area (Å²) in [5, 5.41) is 12.3. The van der Waals surface area contributed by atoms with Gasteiger partial charge in [-0.15, -0.1) is 0 Å². The number of carboxylic acid groups (broad SMARTS) is 1. The molecule has 1 aliphatic rings. The van der Waals surface area contributed by atoms with E-state index in [9.17, 15) is 14.7 Å². The average molecular weight is 403 g/mol. The van der Waals surface area contributed by atoms with Gasteiger partial charge in [0.1, 0.15) is 4.32 Å². The van der Waals surface area contributed by atoms with Crippen LogP contribution in [0.1, 0.15) is 25.8 Å². The molecule has 2 rings (SSSR count). The third-order valence-electron chi connectivity index (χ3n) is 3.35. The summed E-state index contributed by atoms with van der Waals surface area (Å²) < 4.78 is 0.200. The van der Waals surface area contributed by atoms with Gasteiger partial charge >= 0.3 is 0 Å². The van der Waals surface area contributed by atoms with E-state index in [4.69, 9.17) is 35.4 Å². The highest BCUT2D eigenvalue weighted by molar-refractivity contribution is 8.26. The second kappa shape index (κ2) is 7.87. The van der Waals surface area contributed by atoms with Crippen molar-refractivity contribution in [3.05, 3.63) is 38.7 Å². The van der Waals surface area contributed by atoms with Crippen LogP contribution in [0.3, 0.4) is 0 Å². The maximum absolute atomic E-state index is 12.6. The van der Waals surface area contributed by atoms with E-state index in [2.05, 4.69) is 0 Å². The van der Waals surface area contributed by atoms with Crippen LogP contribution in [-0.2, 0) is 9.59 Å². The fourth-order valence-corrected chi connectivity index (χ4v) is 4.07. The number of rotatable bonds is 5. The number of amides is 1. The standard InChI is InChI=1S/C16H15Cl2NO3S2/c1-8(2)5-12(15(21)22)19-14(20)13(24-16(19)23)6-9-3-4-10(17)7-11(9)18/h3-4,6-8,12H,5H2,1-2H3,(H,21,22)/p-1/b13-6-/t12-/m1/s1. The number of thiocarbonyl (C=S) groups is 1. The van der Waals surface area contributed by atoms with Gasteiger partial charge in [0.15, 0.2) is 0 Å². The zero-order valence-electron chi connectivity index (χ0n) is 12.9. The first kappa shape index (κ1) is 19.2. The fourth-order valence-electron chi connectivity index (χ4n) is 2.26. The van der Waals surface area contributed by atoms with Crippen molar-refractivity contribution in [3.63, 3.8) is 0 Å². The molecule has 1 saturated heterocycles. The Morgan fingerprint density at radius 1 is 1.42 bits per heavy atom. The highest BCUT2D eigenvalue weighted by Crippen LogP contribution is 2.36. The molecule has 1 fully saturated rings. The van der Waals surface area contributed by atoms with Gasteiger partial charge in [-0.1, -0.05) is 67.1 Å². The normalized spacial score (nSPS) is 17.9. The van der Waals surface area contributed by atoms with Crippen LogP contribution >= 0.6 is 47.2 Å². The summed E-state index contributed by atoms with van der Waals surface area (Å²) in [6, 6.07) is 3.83. The summed E-state index contributed by atoms with van der Waals surface area (Å²) in [6.07, 6.45) is 1.85. The monoisotopic (exact) mass is 402 g/mol. The van der Waals surface area contributed by atoms with Gasteiger partial charge in [-0.2, -0.15) is 0 Å². The van der Waals surface area contributed by atoms with Gasteiger partial charge in [-0.3, -0.25) is 9.69 Å². The third kappa shape index (κ3) is 4.30. The van der Waals surface area contributed by atoms with Crippen molar-refractivity contribution in [2.75, 3.05) is 0 Å². The minimum absolute atomic E-state index is 0.0761. The smallest absolute Gasteiger partial charge is 0.266 e. The maximum Gasteiger partial charge on any atom is 0.266 e. The summed E-state index contributed by atoms with van der Waals surface area (Å²) in [7, 11) is 0. The molecule has 1 heterocycles. The van der Waals surface area contributed by atoms with Gasteiger partial charge in [0, 0.05) is 10.0 Å². The Labute approximate surface area is 159 Å². The van der Waals surface area contributed by atoms with Gasteiger partial charge in [0.25, 0.3) is 5.91 Å². The molecule has 1 amide bonds. The van der Waals surface area contributed by atoms with Crippen LogP contribution in [0.5, 0.6) is 0 Å². The summed E-state index contributed by atoms with van der Waals surface area (Å²) in [5.74, 6) is -1.69. The first-order valence-corrected chi connectivity index (χ1v) is 9.11. The first-order chi connectivity index (χ1) is 11.2. The van der Waals surface area contributed by atoms with Crippen LogP contribution in [0.15, 0.2) is 23.1 Å². The minimum atomic E-state index is -1.31. The van der Waals surface area contributed by atoms with Crippen LogP contribution < -0.4 is 5.11 Å². The van der Waals surface area contributed by atoms with Gasteiger partial charge in [0.2, 0.25) is 0 Å². The van der Waals surface area contributed by atoms with Gasteiger partial charge in [-0.05, 0) is 36.1 Å². The van der Waals surface area contributed by atoms with Crippen LogP contribution in [0.25, 0.3) is 6.08 Å². The maximum atomic E-state index is 12.6. The van der Waals surface area contributed by atoms with E-state index in [1.807, 2.05) is 13.8 Å². The number of nitrogens with zero attached hydrogens (tertiary/aromatic N) is 1. The lowest BCUT2D eigenvalue weighted by atomic mass is 10.0. The van der Waals surface area contributed by atoms with E-state index in [1.54, 1.807) is 24.3 Å². The minimum Gasteiger partial charge on any atom is -0.548 e. The first-order valence-electron chi connectivity index (χ1n) is 7.13. The third-order valence-corrected chi connectivity index (χ3v) is 5.24. The Hall–Kier alpha value is -1.08. The predicted molar refractivity (Wildman–Crippen MR) is 99.7 cm³/mol. The van der Waals surface area contributed by atoms with Crippen molar-refractivity contribution in [2.45, 2.75) is 26.3 Å². The molecule has 0 unspecified atom stereocenters. The number of carbonyl (C=O) groups excluding carboxylic acids is 2. The second-order valence-electron chi connectivity index (χ2n) is 5.68. The largest absolute Gasteiger partial charge is 0.548 e. The number of thioether (sulfide) groups is 1. The molecule has 1 aliphatic heterocycles. The summed E-state index contributed by atoms with van der Waals surface area (Å²) >= 11 is 18.2. The molecule has 0 bridgehead atoms. The molecule has 1 atom stereocenters. The summed E-state index contributed by atoms with van der Waals surface area (Å²) in [6.45, 7) is 3.74. The molecule has 4 nitrogen and oxygen atoms in total. The predicted octanol–water partition coefficient (Wildman–Crippen LogP) is 3.36. The molecule has 0 N–H and O–H groups in total. The highest BCUT2D eigenvalue weighted by Gasteiger charge is 2.38. The highest BCUT2D eigenvalue weighted by atomic mass is 35.5. The lowest BCUT2D eigenvalue weighted by Crippen LogP contribution is -2.50. The Balaban J connectivity index is 2.33. The number of aliphatic carboxylic acids is 1.